The predicted octanol–water partition coefficient (Wildman–Crippen LogP) is 2.84. The molecule has 26 heavy (non-hydrogen) atoms. The van der Waals surface area contributed by atoms with Crippen LogP contribution in [0.5, 0.6) is 0 Å². The van der Waals surface area contributed by atoms with Crippen LogP contribution in [0.2, 0.25) is 5.02 Å². The number of imide groups is 1. The van der Waals surface area contributed by atoms with E-state index >= 15 is 0 Å². The number of thioether (sulfide) groups is 1. The number of halogens is 1. The van der Waals surface area contributed by atoms with Crippen molar-refractivity contribution in [2.24, 2.45) is 5.73 Å². The zero-order chi connectivity index (χ0) is 18.7. The highest BCUT2D eigenvalue weighted by Gasteiger charge is 2.22. The lowest BCUT2D eigenvalue weighted by atomic mass is 9.95. The van der Waals surface area contributed by atoms with E-state index in [0.717, 1.165) is 43.9 Å². The number of carbonyl (C=O) groups is 2. The molecule has 7 nitrogen and oxygen atoms in total. The summed E-state index contributed by atoms with van der Waals surface area (Å²) >= 11 is 7.14. The lowest BCUT2D eigenvalue weighted by Gasteiger charge is -2.26. The van der Waals surface area contributed by atoms with Crippen molar-refractivity contribution >= 4 is 46.2 Å². The number of urea groups is 1. The van der Waals surface area contributed by atoms with Crippen LogP contribution < -0.4 is 16.6 Å². The highest BCUT2D eigenvalue weighted by atomic mass is 35.5. The third-order valence-electron chi connectivity index (χ3n) is 4.37. The van der Waals surface area contributed by atoms with E-state index < -0.39 is 11.9 Å². The van der Waals surface area contributed by atoms with Gasteiger partial charge in [-0.3, -0.25) is 19.5 Å². The minimum atomic E-state index is -0.904. The van der Waals surface area contributed by atoms with Crippen LogP contribution in [0.3, 0.4) is 0 Å². The number of hydrogen-bond acceptors (Lipinski definition) is 5. The maximum absolute atomic E-state index is 13.1. The summed E-state index contributed by atoms with van der Waals surface area (Å²) in [4.78, 5) is 40.2. The fourth-order valence-corrected chi connectivity index (χ4v) is 4.25. The molecule has 1 fully saturated rings. The number of nitrogens with two attached hydrogens (primary N) is 1. The predicted molar refractivity (Wildman–Crippen MR) is 102 cm³/mol. The van der Waals surface area contributed by atoms with E-state index in [-0.39, 0.29) is 17.4 Å². The van der Waals surface area contributed by atoms with E-state index in [1.54, 1.807) is 22.8 Å². The van der Waals surface area contributed by atoms with E-state index in [9.17, 15) is 14.4 Å². The van der Waals surface area contributed by atoms with Crippen molar-refractivity contribution < 1.29 is 9.59 Å². The van der Waals surface area contributed by atoms with Gasteiger partial charge < -0.3 is 5.73 Å². The average Bonchev–Trinajstić information content (AvgIpc) is 2.60. The molecule has 1 heterocycles. The zero-order valence-corrected chi connectivity index (χ0v) is 15.6. The molecule has 3 amide bonds. The van der Waals surface area contributed by atoms with Crippen molar-refractivity contribution in [3.8, 4) is 0 Å². The Morgan fingerprint density at radius 3 is 2.73 bits per heavy atom. The van der Waals surface area contributed by atoms with E-state index in [1.165, 1.54) is 0 Å². The highest BCUT2D eigenvalue weighted by molar-refractivity contribution is 7.99. The lowest BCUT2D eigenvalue weighted by Crippen LogP contribution is -2.36. The molecule has 0 saturated heterocycles. The van der Waals surface area contributed by atoms with Crippen molar-refractivity contribution in [2.75, 3.05) is 5.75 Å². The van der Waals surface area contributed by atoms with Gasteiger partial charge in [0, 0.05) is 11.1 Å². The number of benzene rings is 1. The molecule has 1 aliphatic rings. The van der Waals surface area contributed by atoms with Crippen LogP contribution in [0.4, 0.5) is 4.79 Å². The summed E-state index contributed by atoms with van der Waals surface area (Å²) < 4.78 is 1.69. The second-order valence-corrected chi connectivity index (χ2v) is 7.60. The minimum absolute atomic E-state index is 0.0607. The first kappa shape index (κ1) is 18.7. The van der Waals surface area contributed by atoms with Crippen molar-refractivity contribution in [2.45, 2.75) is 43.3 Å². The van der Waals surface area contributed by atoms with Crippen LogP contribution >= 0.6 is 23.4 Å². The summed E-state index contributed by atoms with van der Waals surface area (Å²) in [7, 11) is 0. The van der Waals surface area contributed by atoms with Gasteiger partial charge in [0.25, 0.3) is 5.56 Å². The largest absolute Gasteiger partial charge is 0.351 e. The molecule has 2 aromatic rings. The Hall–Kier alpha value is -2.06. The average molecular weight is 395 g/mol. The van der Waals surface area contributed by atoms with Crippen LogP contribution in [0.1, 0.15) is 38.1 Å². The van der Waals surface area contributed by atoms with E-state index in [0.29, 0.717) is 21.1 Å². The molecule has 3 rings (SSSR count). The second-order valence-electron chi connectivity index (χ2n) is 6.22. The molecule has 0 spiro atoms. The van der Waals surface area contributed by atoms with Gasteiger partial charge in [0.15, 0.2) is 5.16 Å². The minimum Gasteiger partial charge on any atom is -0.351 e. The number of primary amides is 1. The van der Waals surface area contributed by atoms with E-state index in [4.69, 9.17) is 17.3 Å². The standard InChI is InChI=1S/C17H19ClN4O3S/c18-10-6-7-12-13(8-10)20-17(26-9-14(23)21-16(19)25)22(15(12)24)11-4-2-1-3-5-11/h6-8,11H,1-5,9H2,(H3,19,21,23,25). The zero-order valence-electron chi connectivity index (χ0n) is 14.0. The molecule has 0 aliphatic heterocycles. The Balaban J connectivity index is 2.01. The lowest BCUT2D eigenvalue weighted by molar-refractivity contribution is -0.117. The van der Waals surface area contributed by atoms with Gasteiger partial charge >= 0.3 is 6.03 Å². The molecular formula is C17H19ClN4O3S. The van der Waals surface area contributed by atoms with Crippen molar-refractivity contribution in [1.29, 1.82) is 0 Å². The molecular weight excluding hydrogens is 376 g/mol. The molecule has 138 valence electrons. The SMILES string of the molecule is NC(=O)NC(=O)CSc1nc2cc(Cl)ccc2c(=O)n1C1CCCCC1. The van der Waals surface area contributed by atoms with Gasteiger partial charge in [0.1, 0.15) is 0 Å². The van der Waals surface area contributed by atoms with Crippen LogP contribution in [0.15, 0.2) is 28.2 Å². The van der Waals surface area contributed by atoms with Gasteiger partial charge in [-0.1, -0.05) is 42.6 Å². The van der Waals surface area contributed by atoms with Gasteiger partial charge in [-0.25, -0.2) is 9.78 Å². The summed E-state index contributed by atoms with van der Waals surface area (Å²) in [6.07, 6.45) is 5.08. The molecule has 1 aromatic carbocycles. The van der Waals surface area contributed by atoms with Crippen LogP contribution in [0, 0.1) is 0 Å². The molecule has 1 saturated carbocycles. The number of amides is 3. The fraction of sp³-hybridized carbons (Fsp3) is 0.412. The van der Waals surface area contributed by atoms with Gasteiger partial charge in [-0.2, -0.15) is 0 Å². The quantitative estimate of drug-likeness (QED) is 0.612. The summed E-state index contributed by atoms with van der Waals surface area (Å²) in [6, 6.07) is 4.15. The van der Waals surface area contributed by atoms with Gasteiger partial charge in [0.2, 0.25) is 5.91 Å². The Kier molecular flexibility index (Phi) is 5.83. The third kappa shape index (κ3) is 4.19. The highest BCUT2D eigenvalue weighted by Crippen LogP contribution is 2.31. The molecule has 9 heteroatoms. The maximum Gasteiger partial charge on any atom is 0.318 e. The molecule has 0 atom stereocenters. The second kappa shape index (κ2) is 8.09. The molecule has 0 unspecified atom stereocenters. The number of hydrogen-bond donors (Lipinski definition) is 2. The Bertz CT molecular complexity index is 909. The first-order valence-corrected chi connectivity index (χ1v) is 9.76. The molecule has 3 N–H and O–H groups in total. The maximum atomic E-state index is 13.1. The summed E-state index contributed by atoms with van der Waals surface area (Å²) in [5, 5.41) is 3.46. The number of rotatable bonds is 4. The summed E-state index contributed by atoms with van der Waals surface area (Å²) in [5.41, 5.74) is 5.32. The van der Waals surface area contributed by atoms with Gasteiger partial charge in [-0.05, 0) is 31.0 Å². The van der Waals surface area contributed by atoms with Crippen molar-refractivity contribution in [3.05, 3.63) is 33.6 Å². The topological polar surface area (TPSA) is 107 Å². The van der Waals surface area contributed by atoms with Crippen LogP contribution in [-0.2, 0) is 4.79 Å². The van der Waals surface area contributed by atoms with E-state index in [2.05, 4.69) is 4.98 Å². The monoisotopic (exact) mass is 394 g/mol. The van der Waals surface area contributed by atoms with Crippen LogP contribution in [-0.4, -0.2) is 27.2 Å². The van der Waals surface area contributed by atoms with Gasteiger partial charge in [-0.15, -0.1) is 0 Å². The third-order valence-corrected chi connectivity index (χ3v) is 5.55. The smallest absolute Gasteiger partial charge is 0.318 e. The first-order chi connectivity index (χ1) is 12.5. The van der Waals surface area contributed by atoms with E-state index in [1.807, 2.05) is 5.32 Å². The normalized spacial score (nSPS) is 15.1. The Morgan fingerprint density at radius 2 is 2.04 bits per heavy atom. The fourth-order valence-electron chi connectivity index (χ4n) is 3.22. The molecule has 1 aromatic heterocycles. The summed E-state index contributed by atoms with van der Waals surface area (Å²) in [6.45, 7) is 0. The molecule has 0 bridgehead atoms. The molecule has 1 aliphatic carbocycles. The van der Waals surface area contributed by atoms with Crippen molar-refractivity contribution in [3.63, 3.8) is 0 Å². The number of fused-ring (bicyclic) bond motifs is 1. The number of aromatic nitrogens is 2. The van der Waals surface area contributed by atoms with Crippen molar-refractivity contribution in [1.82, 2.24) is 14.9 Å². The van der Waals surface area contributed by atoms with Gasteiger partial charge in [0.05, 0.1) is 16.7 Å². The van der Waals surface area contributed by atoms with Crippen LogP contribution in [0.25, 0.3) is 10.9 Å². The first-order valence-electron chi connectivity index (χ1n) is 8.39. The Morgan fingerprint density at radius 1 is 1.31 bits per heavy atom. The number of nitrogens with one attached hydrogen (secondary N) is 1. The molecule has 0 radical (unpaired) electrons. The summed E-state index contributed by atoms with van der Waals surface area (Å²) in [5.74, 6) is -0.591. The number of nitrogens with zero attached hydrogens (tertiary/aromatic N) is 2. The Labute approximate surface area is 159 Å². The number of carbonyl (C=O) groups excluding carboxylic acids is 2.